The van der Waals surface area contributed by atoms with E-state index in [1.54, 1.807) is 42.5 Å². The quantitative estimate of drug-likeness (QED) is 0.230. The lowest BCUT2D eigenvalue weighted by Gasteiger charge is -2.28. The van der Waals surface area contributed by atoms with Crippen molar-refractivity contribution in [3.05, 3.63) is 114 Å². The highest BCUT2D eigenvalue weighted by Gasteiger charge is 2.15. The number of nitrogens with zero attached hydrogens (tertiary/aromatic N) is 1. The molecule has 0 spiro atoms. The Kier molecular flexibility index (Phi) is 8.28. The number of aliphatic carboxylic acids is 1. The molecule has 0 aliphatic rings. The molecule has 0 atom stereocenters. The molecule has 202 valence electrons. The van der Waals surface area contributed by atoms with E-state index in [1.807, 2.05) is 55.5 Å². The molecule has 0 aliphatic carbocycles. The highest BCUT2D eigenvalue weighted by Crippen LogP contribution is 2.31. The van der Waals surface area contributed by atoms with Gasteiger partial charge in [-0.3, -0.25) is 4.72 Å². The van der Waals surface area contributed by atoms with E-state index in [2.05, 4.69) is 9.62 Å². The van der Waals surface area contributed by atoms with Crippen LogP contribution in [-0.2, 0) is 27.9 Å². The summed E-state index contributed by atoms with van der Waals surface area (Å²) in [6.07, 6.45) is 1.12. The fourth-order valence-corrected chi connectivity index (χ4v) is 4.65. The van der Waals surface area contributed by atoms with Gasteiger partial charge in [0.2, 0.25) is 10.0 Å². The number of hydrogen-bond acceptors (Lipinski definition) is 6. The average Bonchev–Trinajstić information content (AvgIpc) is 2.90. The molecule has 0 aromatic heterocycles. The van der Waals surface area contributed by atoms with Gasteiger partial charge < -0.3 is 19.5 Å². The summed E-state index contributed by atoms with van der Waals surface area (Å²) in [5, 5.41) is 8.82. The summed E-state index contributed by atoms with van der Waals surface area (Å²) in [6, 6.07) is 27.5. The number of carboxylic acids is 1. The first-order valence-electron chi connectivity index (χ1n) is 12.7. The predicted molar refractivity (Wildman–Crippen MR) is 152 cm³/mol. The number of anilines is 2. The number of rotatable bonds is 12. The Hall–Kier alpha value is -4.50. The van der Waals surface area contributed by atoms with Crippen LogP contribution in [0.2, 0.25) is 0 Å². The first-order chi connectivity index (χ1) is 19.1. The second-order valence-electron chi connectivity index (χ2n) is 8.99. The maximum absolute atomic E-state index is 11.9. The van der Waals surface area contributed by atoms with Crippen molar-refractivity contribution in [2.24, 2.45) is 0 Å². The van der Waals surface area contributed by atoms with Gasteiger partial charge in [0.1, 0.15) is 17.2 Å². The molecule has 0 saturated heterocycles. The third-order valence-corrected chi connectivity index (χ3v) is 6.37. The Bertz CT molecular complexity index is 1600. The Balaban J connectivity index is 1.58. The highest BCUT2D eigenvalue weighted by atomic mass is 32.2. The summed E-state index contributed by atoms with van der Waals surface area (Å²) in [5.41, 5.74) is 4.12. The molecule has 0 saturated carbocycles. The van der Waals surface area contributed by atoms with Crippen molar-refractivity contribution in [1.29, 1.82) is 0 Å². The zero-order valence-electron chi connectivity index (χ0n) is 22.6. The monoisotopic (exact) mass is 548 g/mol. The van der Waals surface area contributed by atoms with Crippen LogP contribution < -0.4 is 19.1 Å². The number of ether oxygens (including phenoxy) is 2. The van der Waals surface area contributed by atoms with Crippen molar-refractivity contribution in [3.63, 3.8) is 0 Å². The zero-order valence-corrected chi connectivity index (χ0v) is 22.4. The van der Waals surface area contributed by atoms with E-state index in [4.69, 9.17) is 16.0 Å². The van der Waals surface area contributed by atoms with Gasteiger partial charge in [0, 0.05) is 24.8 Å². The SMILES string of the molecule is [3H]c1cc(CN(Cc2ccccc2)c2cccc(NS(C)(=O)=O)c2C)ccc1Oc1cccc(OCC(=O)O)c1. The van der Waals surface area contributed by atoms with Gasteiger partial charge in [-0.15, -0.1) is 0 Å². The van der Waals surface area contributed by atoms with Gasteiger partial charge in [-0.05, 0) is 60.0 Å². The lowest BCUT2D eigenvalue weighted by atomic mass is 10.1. The van der Waals surface area contributed by atoms with Crippen LogP contribution in [0.25, 0.3) is 0 Å². The Labute approximate surface area is 229 Å². The molecule has 0 radical (unpaired) electrons. The van der Waals surface area contributed by atoms with E-state index in [1.165, 1.54) is 0 Å². The average molecular weight is 549 g/mol. The molecule has 39 heavy (non-hydrogen) atoms. The van der Waals surface area contributed by atoms with Crippen LogP contribution in [0, 0.1) is 6.92 Å². The molecule has 0 heterocycles. The summed E-state index contributed by atoms with van der Waals surface area (Å²) in [4.78, 5) is 12.9. The number of hydrogen-bond donors (Lipinski definition) is 2. The van der Waals surface area contributed by atoms with Gasteiger partial charge in [-0.25, -0.2) is 13.2 Å². The van der Waals surface area contributed by atoms with Gasteiger partial charge in [0.05, 0.1) is 13.3 Å². The van der Waals surface area contributed by atoms with Crippen LogP contribution in [0.3, 0.4) is 0 Å². The largest absolute Gasteiger partial charge is 0.482 e. The van der Waals surface area contributed by atoms with Crippen molar-refractivity contribution in [1.82, 2.24) is 0 Å². The van der Waals surface area contributed by atoms with E-state index in [9.17, 15) is 13.2 Å². The van der Waals surface area contributed by atoms with E-state index >= 15 is 0 Å². The molecular weight excluding hydrogens is 516 g/mol. The summed E-state index contributed by atoms with van der Waals surface area (Å²) in [7, 11) is -3.45. The topological polar surface area (TPSA) is 105 Å². The van der Waals surface area contributed by atoms with Crippen molar-refractivity contribution >= 4 is 27.4 Å². The minimum atomic E-state index is -3.45. The van der Waals surface area contributed by atoms with Crippen LogP contribution in [0.15, 0.2) is 97.0 Å². The molecule has 9 heteroatoms. The molecule has 0 bridgehead atoms. The van der Waals surface area contributed by atoms with E-state index in [-0.39, 0.29) is 6.04 Å². The van der Waals surface area contributed by atoms with Gasteiger partial charge in [0.15, 0.2) is 6.61 Å². The highest BCUT2D eigenvalue weighted by molar-refractivity contribution is 7.92. The van der Waals surface area contributed by atoms with Crippen LogP contribution in [0.5, 0.6) is 17.2 Å². The minimum absolute atomic E-state index is 0.179. The number of carbonyl (C=O) groups is 1. The summed E-state index contributed by atoms with van der Waals surface area (Å²) >= 11 is 0. The van der Waals surface area contributed by atoms with E-state index in [0.717, 1.165) is 28.6 Å². The van der Waals surface area contributed by atoms with Crippen molar-refractivity contribution < 1.29 is 29.2 Å². The normalized spacial score (nSPS) is 11.4. The van der Waals surface area contributed by atoms with Crippen molar-refractivity contribution in [3.8, 4) is 17.2 Å². The lowest BCUT2D eigenvalue weighted by molar-refractivity contribution is -0.139. The summed E-state index contributed by atoms with van der Waals surface area (Å²) < 4.78 is 46.1. The third kappa shape index (κ3) is 8.24. The first-order valence-corrected chi connectivity index (χ1v) is 14.0. The molecule has 4 aromatic rings. The maximum atomic E-state index is 11.9. The van der Waals surface area contributed by atoms with Crippen molar-refractivity contribution in [2.75, 3.05) is 22.5 Å². The van der Waals surface area contributed by atoms with Crippen LogP contribution in [0.4, 0.5) is 11.4 Å². The lowest BCUT2D eigenvalue weighted by Crippen LogP contribution is -2.23. The fourth-order valence-electron chi connectivity index (χ4n) is 4.03. The van der Waals surface area contributed by atoms with Gasteiger partial charge in [-0.2, -0.15) is 0 Å². The molecule has 4 rings (SSSR count). The summed E-state index contributed by atoms with van der Waals surface area (Å²) in [6.45, 7) is 2.44. The fraction of sp³-hybridized carbons (Fsp3) is 0.167. The number of benzene rings is 4. The molecule has 0 aliphatic heterocycles. The standard InChI is InChI=1S/C30H30N2O6S/c1-22-28(31-39(2,35)36)12-7-13-29(22)32(19-23-8-4-3-5-9-23)20-24-14-16-25(17-15-24)38-27-11-6-10-26(18-27)37-21-30(33)34/h3-18,31H,19-21H2,1-2H3,(H,33,34)/i16T. The van der Waals surface area contributed by atoms with E-state index < -0.39 is 22.6 Å². The van der Waals surface area contributed by atoms with Crippen LogP contribution >= 0.6 is 0 Å². The minimum Gasteiger partial charge on any atom is -0.482 e. The van der Waals surface area contributed by atoms with Crippen molar-refractivity contribution in [2.45, 2.75) is 20.0 Å². The Morgan fingerprint density at radius 1 is 0.897 bits per heavy atom. The molecule has 0 fully saturated rings. The number of carboxylic acid groups (broad SMARTS) is 1. The second-order valence-corrected chi connectivity index (χ2v) is 10.7. The van der Waals surface area contributed by atoms with Crippen LogP contribution in [-0.4, -0.2) is 32.4 Å². The zero-order chi connectivity index (χ0) is 28.7. The second kappa shape index (κ2) is 12.4. The third-order valence-electron chi connectivity index (χ3n) is 5.78. The maximum Gasteiger partial charge on any atom is 0.341 e. The number of sulfonamides is 1. The smallest absolute Gasteiger partial charge is 0.341 e. The molecule has 2 N–H and O–H groups in total. The number of nitrogens with one attached hydrogen (secondary N) is 1. The Morgan fingerprint density at radius 2 is 1.59 bits per heavy atom. The molecule has 0 unspecified atom stereocenters. The molecular formula is C30H30N2O6S. The van der Waals surface area contributed by atoms with E-state index in [0.29, 0.717) is 36.0 Å². The predicted octanol–water partition coefficient (Wildman–Crippen LogP) is 5.83. The van der Waals surface area contributed by atoms with Gasteiger partial charge >= 0.3 is 5.97 Å². The summed E-state index contributed by atoms with van der Waals surface area (Å²) in [5.74, 6) is 0.0257. The molecule has 8 nitrogen and oxygen atoms in total. The van der Waals surface area contributed by atoms with Gasteiger partial charge in [-0.1, -0.05) is 54.6 Å². The molecule has 4 aromatic carbocycles. The molecule has 0 amide bonds. The first kappa shape index (κ1) is 26.1. The van der Waals surface area contributed by atoms with Gasteiger partial charge in [0.25, 0.3) is 0 Å². The van der Waals surface area contributed by atoms with Crippen LogP contribution in [0.1, 0.15) is 18.1 Å². The Morgan fingerprint density at radius 3 is 2.28 bits per heavy atom.